The summed E-state index contributed by atoms with van der Waals surface area (Å²) in [6, 6.07) is 5.19. The molecule has 2 aromatic rings. The Bertz CT molecular complexity index is 1040. The van der Waals surface area contributed by atoms with Crippen molar-refractivity contribution in [2.75, 3.05) is 31.2 Å². The maximum atomic E-state index is 11.8. The van der Waals surface area contributed by atoms with Gasteiger partial charge in [0.05, 0.1) is 21.3 Å². The SMILES string of the molecule is CS(O)(O)COc1cccc(Cl)c1C1CC(c2csc(C3CCN(C(=O)CCl)CC3)n2)=NO1. The van der Waals surface area contributed by atoms with Gasteiger partial charge in [-0.2, -0.15) is 10.6 Å². The van der Waals surface area contributed by atoms with Gasteiger partial charge in [0.15, 0.2) is 12.0 Å². The summed E-state index contributed by atoms with van der Waals surface area (Å²) >= 11 is 13.7. The molecule has 33 heavy (non-hydrogen) atoms. The van der Waals surface area contributed by atoms with E-state index in [1.54, 1.807) is 34.4 Å². The molecule has 12 heteroatoms. The van der Waals surface area contributed by atoms with Crippen LogP contribution in [0.15, 0.2) is 28.7 Å². The summed E-state index contributed by atoms with van der Waals surface area (Å²) in [5, 5.41) is 7.71. The number of oxime groups is 1. The molecule has 2 aliphatic heterocycles. The highest BCUT2D eigenvalue weighted by atomic mass is 35.5. The summed E-state index contributed by atoms with van der Waals surface area (Å²) in [6.07, 6.45) is 3.05. The fourth-order valence-electron chi connectivity index (χ4n) is 3.88. The van der Waals surface area contributed by atoms with E-state index in [-0.39, 0.29) is 17.7 Å². The van der Waals surface area contributed by atoms with Crippen molar-refractivity contribution >= 4 is 56.7 Å². The minimum atomic E-state index is -2.82. The Morgan fingerprint density at radius 1 is 1.36 bits per heavy atom. The molecule has 3 heterocycles. The van der Waals surface area contributed by atoms with E-state index in [0.717, 1.165) is 29.3 Å². The normalized spacial score (nSPS) is 19.8. The monoisotopic (exact) mass is 533 g/mol. The zero-order valence-electron chi connectivity index (χ0n) is 17.9. The minimum absolute atomic E-state index is 0.0196. The molecule has 1 unspecified atom stereocenters. The fraction of sp³-hybridized carbons (Fsp3) is 0.476. The number of halogens is 2. The summed E-state index contributed by atoms with van der Waals surface area (Å²) in [5.41, 5.74) is 2.12. The van der Waals surface area contributed by atoms with Crippen molar-refractivity contribution in [3.05, 3.63) is 44.9 Å². The lowest BCUT2D eigenvalue weighted by Crippen LogP contribution is -2.38. The molecule has 2 aliphatic rings. The quantitative estimate of drug-likeness (QED) is 0.466. The molecule has 0 spiro atoms. The zero-order chi connectivity index (χ0) is 23.6. The highest BCUT2D eigenvalue weighted by Gasteiger charge is 2.31. The molecule has 1 aromatic carbocycles. The van der Waals surface area contributed by atoms with Crippen LogP contribution in [0.2, 0.25) is 5.02 Å². The van der Waals surface area contributed by atoms with E-state index in [0.29, 0.717) is 41.8 Å². The van der Waals surface area contributed by atoms with E-state index < -0.39 is 16.7 Å². The lowest BCUT2D eigenvalue weighted by Gasteiger charge is -2.30. The molecule has 0 bridgehead atoms. The Kier molecular flexibility index (Phi) is 7.72. The minimum Gasteiger partial charge on any atom is -0.473 e. The number of rotatable bonds is 7. The highest BCUT2D eigenvalue weighted by molar-refractivity contribution is 8.23. The molecule has 0 aliphatic carbocycles. The van der Waals surface area contributed by atoms with Crippen LogP contribution in [-0.4, -0.2) is 61.8 Å². The first kappa shape index (κ1) is 24.6. The van der Waals surface area contributed by atoms with Crippen LogP contribution in [0.4, 0.5) is 0 Å². The lowest BCUT2D eigenvalue weighted by molar-refractivity contribution is -0.129. The number of hydrogen-bond acceptors (Lipinski definition) is 8. The Balaban J connectivity index is 1.41. The number of amides is 1. The van der Waals surface area contributed by atoms with E-state index in [9.17, 15) is 13.9 Å². The number of benzene rings is 1. The van der Waals surface area contributed by atoms with Crippen molar-refractivity contribution in [1.29, 1.82) is 0 Å². The summed E-state index contributed by atoms with van der Waals surface area (Å²) in [7, 11) is -2.82. The fourth-order valence-corrected chi connectivity index (χ4v) is 5.69. The van der Waals surface area contributed by atoms with Gasteiger partial charge in [0.1, 0.15) is 17.3 Å². The number of carbonyl (C=O) groups excluding carboxylic acids is 1. The van der Waals surface area contributed by atoms with Crippen LogP contribution in [0.25, 0.3) is 0 Å². The second-order valence-corrected chi connectivity index (χ2v) is 11.9. The number of alkyl halides is 1. The maximum absolute atomic E-state index is 11.8. The molecule has 1 saturated heterocycles. The van der Waals surface area contributed by atoms with Gasteiger partial charge in [-0.1, -0.05) is 22.8 Å². The number of hydrogen-bond donors (Lipinski definition) is 2. The second-order valence-electron chi connectivity index (χ2n) is 8.10. The van der Waals surface area contributed by atoms with Crippen molar-refractivity contribution in [3.63, 3.8) is 0 Å². The summed E-state index contributed by atoms with van der Waals surface area (Å²) in [4.78, 5) is 24.1. The van der Waals surface area contributed by atoms with Crippen molar-refractivity contribution in [2.24, 2.45) is 5.16 Å². The summed E-state index contributed by atoms with van der Waals surface area (Å²) < 4.78 is 24.9. The molecule has 1 fully saturated rings. The zero-order valence-corrected chi connectivity index (χ0v) is 21.1. The largest absolute Gasteiger partial charge is 0.473 e. The van der Waals surface area contributed by atoms with E-state index in [1.807, 2.05) is 5.38 Å². The van der Waals surface area contributed by atoms with Crippen LogP contribution < -0.4 is 4.74 Å². The molecular formula is C21H25Cl2N3O5S2. The van der Waals surface area contributed by atoms with Crippen LogP contribution in [-0.2, 0) is 9.63 Å². The number of nitrogens with zero attached hydrogens (tertiary/aromatic N) is 3. The Labute approximate surface area is 207 Å². The molecule has 1 aromatic heterocycles. The number of thiazole rings is 1. The third-order valence-electron chi connectivity index (χ3n) is 5.57. The smallest absolute Gasteiger partial charge is 0.237 e. The maximum Gasteiger partial charge on any atom is 0.237 e. The summed E-state index contributed by atoms with van der Waals surface area (Å²) in [5.74, 6) is 0.504. The topological polar surface area (TPSA) is 104 Å². The van der Waals surface area contributed by atoms with Crippen LogP contribution in [0.5, 0.6) is 5.75 Å². The average molecular weight is 534 g/mol. The standard InChI is InChI=1S/C21H25Cl2N3O5S2/c1-33(28,29)12-30-17-4-2-3-14(23)20(17)18-9-15(25-31-18)16-11-32-21(24-16)13-5-7-26(8-6-13)19(27)10-22/h2-4,11,13,18,28-29H,5-10,12H2,1H3. The predicted molar refractivity (Wildman–Crippen MR) is 132 cm³/mol. The molecule has 4 rings (SSSR count). The van der Waals surface area contributed by atoms with Crippen LogP contribution in [0, 0.1) is 0 Å². The first-order chi connectivity index (χ1) is 15.7. The van der Waals surface area contributed by atoms with Crippen LogP contribution >= 0.6 is 45.1 Å². The number of aromatic nitrogens is 1. The number of carbonyl (C=O) groups is 1. The van der Waals surface area contributed by atoms with Crippen LogP contribution in [0.3, 0.4) is 0 Å². The summed E-state index contributed by atoms with van der Waals surface area (Å²) in [6.45, 7) is 1.38. The van der Waals surface area contributed by atoms with Gasteiger partial charge in [-0.05, 0) is 25.0 Å². The first-order valence-electron chi connectivity index (χ1n) is 10.4. The van der Waals surface area contributed by atoms with Crippen LogP contribution in [0.1, 0.15) is 47.5 Å². The number of piperidine rings is 1. The van der Waals surface area contributed by atoms with E-state index in [4.69, 9.17) is 37.8 Å². The molecule has 0 radical (unpaired) electrons. The third kappa shape index (κ3) is 5.93. The van der Waals surface area contributed by atoms with Gasteiger partial charge in [-0.15, -0.1) is 22.9 Å². The number of ether oxygens (including phenoxy) is 1. The second kappa shape index (κ2) is 10.4. The molecule has 8 nitrogen and oxygen atoms in total. The van der Waals surface area contributed by atoms with Gasteiger partial charge in [0, 0.05) is 37.1 Å². The Morgan fingerprint density at radius 2 is 2.12 bits per heavy atom. The molecule has 180 valence electrons. The molecule has 0 saturated carbocycles. The molecule has 1 atom stereocenters. The Morgan fingerprint density at radius 3 is 2.82 bits per heavy atom. The van der Waals surface area contributed by atoms with Gasteiger partial charge >= 0.3 is 0 Å². The highest BCUT2D eigenvalue weighted by Crippen LogP contribution is 2.42. The number of likely N-dealkylation sites (tertiary alicyclic amines) is 1. The Hall–Kier alpha value is -1.56. The van der Waals surface area contributed by atoms with Crippen molar-refractivity contribution in [2.45, 2.75) is 31.3 Å². The van der Waals surface area contributed by atoms with Gasteiger partial charge in [0.25, 0.3) is 0 Å². The molecule has 2 N–H and O–H groups in total. The van der Waals surface area contributed by atoms with Crippen molar-refractivity contribution < 1.29 is 23.5 Å². The third-order valence-corrected chi connectivity index (χ3v) is 7.70. The molecule has 1 amide bonds. The van der Waals surface area contributed by atoms with Crippen molar-refractivity contribution in [3.8, 4) is 5.75 Å². The lowest BCUT2D eigenvalue weighted by atomic mass is 9.97. The van der Waals surface area contributed by atoms with Gasteiger partial charge in [-0.25, -0.2) is 4.98 Å². The first-order valence-corrected chi connectivity index (χ1v) is 14.3. The van der Waals surface area contributed by atoms with Gasteiger partial charge < -0.3 is 14.5 Å². The van der Waals surface area contributed by atoms with E-state index >= 15 is 0 Å². The predicted octanol–water partition coefficient (Wildman–Crippen LogP) is 5.32. The van der Waals surface area contributed by atoms with Crippen molar-refractivity contribution in [1.82, 2.24) is 9.88 Å². The molecular weight excluding hydrogens is 509 g/mol. The van der Waals surface area contributed by atoms with Gasteiger partial charge in [0.2, 0.25) is 5.91 Å². The average Bonchev–Trinajstić information content (AvgIpc) is 3.47. The van der Waals surface area contributed by atoms with E-state index in [2.05, 4.69) is 5.16 Å². The van der Waals surface area contributed by atoms with E-state index in [1.165, 1.54) is 6.26 Å². The van der Waals surface area contributed by atoms with Gasteiger partial charge in [-0.3, -0.25) is 13.9 Å².